The van der Waals surface area contributed by atoms with Crippen LogP contribution in [0.2, 0.25) is 0 Å². The molecule has 326 valence electrons. The third kappa shape index (κ3) is 6.31. The van der Waals surface area contributed by atoms with Crippen LogP contribution in [0.15, 0.2) is 231 Å². The van der Waals surface area contributed by atoms with E-state index in [9.17, 15) is 0 Å². The van der Waals surface area contributed by atoms with Gasteiger partial charge in [0.05, 0.1) is 22.4 Å². The van der Waals surface area contributed by atoms with Crippen LogP contribution in [0.5, 0.6) is 0 Å². The molecule has 1 fully saturated rings. The maximum atomic E-state index is 2.57. The Balaban J connectivity index is 1.10. The van der Waals surface area contributed by atoms with E-state index >= 15 is 0 Å². The summed E-state index contributed by atoms with van der Waals surface area (Å²) in [5.41, 5.74) is 19.6. The summed E-state index contributed by atoms with van der Waals surface area (Å²) >= 11 is 0. The van der Waals surface area contributed by atoms with E-state index in [1.807, 2.05) is 0 Å². The lowest BCUT2D eigenvalue weighted by molar-refractivity contribution is 0.445. The highest BCUT2D eigenvalue weighted by Gasteiger charge is 2.42. The molecule has 1 saturated carbocycles. The summed E-state index contributed by atoms with van der Waals surface area (Å²) in [6, 6.07) is 86.2. The first-order chi connectivity index (χ1) is 33.7. The van der Waals surface area contributed by atoms with E-state index in [1.54, 1.807) is 0 Å². The number of para-hydroxylation sites is 4. The highest BCUT2D eigenvalue weighted by atomic mass is 15.1. The molecule has 11 aromatic rings. The molecule has 2 nitrogen and oxygen atoms in total. The molecule has 10 aromatic carbocycles. The van der Waals surface area contributed by atoms with Gasteiger partial charge < -0.3 is 9.47 Å². The number of anilines is 3. The van der Waals surface area contributed by atoms with Gasteiger partial charge in [-0.15, -0.1) is 0 Å². The van der Waals surface area contributed by atoms with Gasteiger partial charge in [-0.1, -0.05) is 207 Å². The molecule has 0 N–H and O–H groups in total. The van der Waals surface area contributed by atoms with Crippen LogP contribution >= 0.6 is 0 Å². The summed E-state index contributed by atoms with van der Waals surface area (Å²) in [6.45, 7) is 2.41. The Labute approximate surface area is 399 Å². The lowest BCUT2D eigenvalue weighted by atomic mass is 9.74. The zero-order valence-corrected chi connectivity index (χ0v) is 38.4. The minimum atomic E-state index is -0.315. The third-order valence-electron chi connectivity index (χ3n) is 15.5. The van der Waals surface area contributed by atoms with Gasteiger partial charge in [0.1, 0.15) is 0 Å². The maximum Gasteiger partial charge on any atom is 0.0561 e. The van der Waals surface area contributed by atoms with Crippen molar-refractivity contribution < 1.29 is 0 Å². The Kier molecular flexibility index (Phi) is 9.75. The Bertz CT molecular complexity index is 3680. The fourth-order valence-electron chi connectivity index (χ4n) is 12.4. The molecular formula is C66H52N2. The second-order valence-electron chi connectivity index (χ2n) is 19.1. The fraction of sp³-hybridized carbons (Fsp3) is 0.121. The zero-order valence-electron chi connectivity index (χ0n) is 38.4. The monoisotopic (exact) mass is 872 g/mol. The topological polar surface area (TPSA) is 8.17 Å². The molecule has 1 atom stereocenters. The van der Waals surface area contributed by atoms with E-state index in [1.165, 1.54) is 120 Å². The molecule has 0 aliphatic heterocycles. The largest absolute Gasteiger partial charge is 0.309 e. The van der Waals surface area contributed by atoms with Gasteiger partial charge in [0.15, 0.2) is 0 Å². The van der Waals surface area contributed by atoms with E-state index < -0.39 is 0 Å². The standard InChI is InChI=1S/C66H52N2/c1-66(47-26-7-3-8-27-47)58-37-15-11-33-57(58)65-56(36-21-38-59(65)66)53-32-14-18-41-62(53)68(49-42-43-54-51-30-12-16-39-60(51)67(63(54)44-49)48-28-9-4-10-29-48)61-40-17-13-31-52(61)55-35-20-25-46-24-19-34-50(64(46)55)45-22-5-2-6-23-45/h3-4,7-21,24-45H,2,5-6,22-23H2,1H3. The first-order valence-electron chi connectivity index (χ1n) is 24.5. The molecule has 2 aliphatic rings. The predicted molar refractivity (Wildman–Crippen MR) is 287 cm³/mol. The molecule has 2 heteroatoms. The van der Waals surface area contributed by atoms with Crippen molar-refractivity contribution >= 4 is 49.6 Å². The quantitative estimate of drug-likeness (QED) is 0.148. The molecule has 68 heavy (non-hydrogen) atoms. The molecule has 0 spiro atoms. The van der Waals surface area contributed by atoms with E-state index in [0.717, 1.165) is 22.7 Å². The molecule has 0 amide bonds. The van der Waals surface area contributed by atoms with Crippen LogP contribution in [0, 0.1) is 0 Å². The van der Waals surface area contributed by atoms with Gasteiger partial charge in [0.25, 0.3) is 0 Å². The first kappa shape index (κ1) is 40.3. The van der Waals surface area contributed by atoms with Crippen molar-refractivity contribution in [3.05, 3.63) is 253 Å². The van der Waals surface area contributed by atoms with Crippen LogP contribution in [0.4, 0.5) is 17.1 Å². The van der Waals surface area contributed by atoms with Gasteiger partial charge >= 0.3 is 0 Å². The average Bonchev–Trinajstić information content (AvgIpc) is 3.89. The van der Waals surface area contributed by atoms with Crippen molar-refractivity contribution in [3.63, 3.8) is 0 Å². The Hall–Kier alpha value is -7.94. The number of hydrogen-bond acceptors (Lipinski definition) is 1. The van der Waals surface area contributed by atoms with Crippen molar-refractivity contribution in [3.8, 4) is 39.1 Å². The first-order valence-corrected chi connectivity index (χ1v) is 24.5. The normalized spacial score (nSPS) is 15.7. The number of aromatic nitrogens is 1. The van der Waals surface area contributed by atoms with Gasteiger partial charge in [-0.05, 0) is 123 Å². The lowest BCUT2D eigenvalue weighted by Gasteiger charge is -2.31. The predicted octanol–water partition coefficient (Wildman–Crippen LogP) is 18.1. The molecule has 1 heterocycles. The van der Waals surface area contributed by atoms with Crippen LogP contribution in [-0.2, 0) is 5.41 Å². The number of rotatable bonds is 8. The van der Waals surface area contributed by atoms with E-state index in [0.29, 0.717) is 5.92 Å². The molecule has 0 radical (unpaired) electrons. The van der Waals surface area contributed by atoms with Crippen LogP contribution in [-0.4, -0.2) is 4.57 Å². The SMILES string of the molecule is CC1(c2ccccc2)c2ccccc2-c2c(-c3ccccc3N(c3ccc4c5ccccc5n(-c5ccccc5)c4c3)c3ccccc3-c3cccc4cccc(C5CCCCC5)c34)cccc21. The van der Waals surface area contributed by atoms with Crippen molar-refractivity contribution in [1.82, 2.24) is 4.57 Å². The van der Waals surface area contributed by atoms with Crippen molar-refractivity contribution in [1.29, 1.82) is 0 Å². The number of hydrogen-bond donors (Lipinski definition) is 0. The fourth-order valence-corrected chi connectivity index (χ4v) is 12.4. The summed E-state index contributed by atoms with van der Waals surface area (Å²) in [7, 11) is 0. The summed E-state index contributed by atoms with van der Waals surface area (Å²) < 4.78 is 2.44. The van der Waals surface area contributed by atoms with Gasteiger partial charge in [-0.3, -0.25) is 0 Å². The van der Waals surface area contributed by atoms with Gasteiger partial charge in [0, 0.05) is 38.7 Å². The number of benzene rings is 10. The molecule has 13 rings (SSSR count). The van der Waals surface area contributed by atoms with E-state index in [-0.39, 0.29) is 5.41 Å². The van der Waals surface area contributed by atoms with E-state index in [4.69, 9.17) is 0 Å². The molecule has 0 saturated heterocycles. The average molecular weight is 873 g/mol. The highest BCUT2D eigenvalue weighted by Crippen LogP contribution is 2.57. The Morgan fingerprint density at radius 1 is 0.441 bits per heavy atom. The van der Waals surface area contributed by atoms with Crippen LogP contribution < -0.4 is 4.90 Å². The highest BCUT2D eigenvalue weighted by molar-refractivity contribution is 6.11. The smallest absolute Gasteiger partial charge is 0.0561 e. The van der Waals surface area contributed by atoms with Crippen molar-refractivity contribution in [2.24, 2.45) is 0 Å². The molecule has 1 unspecified atom stereocenters. The van der Waals surface area contributed by atoms with E-state index in [2.05, 4.69) is 247 Å². The minimum Gasteiger partial charge on any atom is -0.309 e. The zero-order chi connectivity index (χ0) is 45.2. The summed E-state index contributed by atoms with van der Waals surface area (Å²) in [5, 5.41) is 5.18. The maximum absolute atomic E-state index is 2.57. The van der Waals surface area contributed by atoms with Crippen molar-refractivity contribution in [2.75, 3.05) is 4.90 Å². The van der Waals surface area contributed by atoms with Crippen LogP contribution in [0.1, 0.15) is 67.2 Å². The van der Waals surface area contributed by atoms with Gasteiger partial charge in [0.2, 0.25) is 0 Å². The number of fused-ring (bicyclic) bond motifs is 7. The second-order valence-corrected chi connectivity index (χ2v) is 19.1. The Morgan fingerprint density at radius 2 is 1.01 bits per heavy atom. The van der Waals surface area contributed by atoms with Gasteiger partial charge in [-0.2, -0.15) is 0 Å². The molecular weight excluding hydrogens is 821 g/mol. The Morgan fingerprint density at radius 3 is 1.79 bits per heavy atom. The second kappa shape index (κ2) is 16.4. The third-order valence-corrected chi connectivity index (χ3v) is 15.5. The van der Waals surface area contributed by atoms with Crippen LogP contribution in [0.25, 0.3) is 71.6 Å². The van der Waals surface area contributed by atoms with Gasteiger partial charge in [-0.25, -0.2) is 0 Å². The van der Waals surface area contributed by atoms with Crippen LogP contribution in [0.3, 0.4) is 0 Å². The molecule has 1 aromatic heterocycles. The summed E-state index contributed by atoms with van der Waals surface area (Å²) in [5.74, 6) is 0.560. The molecule has 2 aliphatic carbocycles. The molecule has 0 bridgehead atoms. The lowest BCUT2D eigenvalue weighted by Crippen LogP contribution is -2.22. The summed E-state index contributed by atoms with van der Waals surface area (Å²) in [4.78, 5) is 2.57. The summed E-state index contributed by atoms with van der Waals surface area (Å²) in [6.07, 6.45) is 6.42. The number of nitrogens with zero attached hydrogens (tertiary/aromatic N) is 2. The minimum absolute atomic E-state index is 0.315. The van der Waals surface area contributed by atoms with Crippen molar-refractivity contribution in [2.45, 2.75) is 50.4 Å².